The first kappa shape index (κ1) is 14.9. The molecule has 0 heterocycles. The first-order valence-electron chi connectivity index (χ1n) is 6.47. The van der Waals surface area contributed by atoms with Crippen LogP contribution < -0.4 is 4.84 Å². The molecule has 0 fully saturated rings. The Morgan fingerprint density at radius 2 is 1.90 bits per heavy atom. The summed E-state index contributed by atoms with van der Waals surface area (Å²) in [6, 6.07) is 11.4. The fourth-order valence-electron chi connectivity index (χ4n) is 2.43. The fourth-order valence-corrected chi connectivity index (χ4v) is 2.53. The monoisotopic (exact) mass is 295 g/mol. The van der Waals surface area contributed by atoms with Gasteiger partial charge in [0.25, 0.3) is 0 Å². The minimum atomic E-state index is -0.291. The van der Waals surface area contributed by atoms with Gasteiger partial charge in [0.2, 0.25) is 0 Å². The highest BCUT2D eigenvalue weighted by atomic mass is 35.5. The molecule has 0 saturated carbocycles. The molecule has 1 unspecified atom stereocenters. The maximum Gasteiger partial charge on any atom is 0.126 e. The van der Waals surface area contributed by atoms with Crippen LogP contribution in [0.25, 0.3) is 0 Å². The molecule has 0 spiro atoms. The zero-order valence-electron chi connectivity index (χ0n) is 11.2. The lowest BCUT2D eigenvalue weighted by Gasteiger charge is -2.20. The van der Waals surface area contributed by atoms with E-state index in [1.807, 2.05) is 12.1 Å². The Morgan fingerprint density at radius 1 is 1.15 bits per heavy atom. The molecule has 2 aromatic carbocycles. The van der Waals surface area contributed by atoms with E-state index in [4.69, 9.17) is 11.8 Å². The van der Waals surface area contributed by atoms with Crippen molar-refractivity contribution < 1.29 is 8.78 Å². The van der Waals surface area contributed by atoms with Gasteiger partial charge in [0, 0.05) is 12.5 Å². The van der Waals surface area contributed by atoms with Crippen molar-refractivity contribution in [3.8, 4) is 0 Å². The standard InChI is InChI=1S/C16H16ClF2N/c1-11-14(6-3-7-16(11)19)15(8-9-20-17)12-4-2-5-13(18)10-12/h2-7,10,15,20H,8-9H2,1H3. The van der Waals surface area contributed by atoms with E-state index in [-0.39, 0.29) is 17.6 Å². The van der Waals surface area contributed by atoms with E-state index in [2.05, 4.69) is 4.84 Å². The molecule has 0 aliphatic carbocycles. The highest BCUT2D eigenvalue weighted by molar-refractivity contribution is 6.13. The van der Waals surface area contributed by atoms with Gasteiger partial charge in [-0.25, -0.2) is 13.6 Å². The van der Waals surface area contributed by atoms with Gasteiger partial charge in [-0.3, -0.25) is 0 Å². The van der Waals surface area contributed by atoms with Gasteiger partial charge in [-0.15, -0.1) is 0 Å². The first-order chi connectivity index (χ1) is 9.63. The lowest BCUT2D eigenvalue weighted by Crippen LogP contribution is -2.11. The number of hydrogen-bond donors (Lipinski definition) is 1. The van der Waals surface area contributed by atoms with Crippen LogP contribution in [0.3, 0.4) is 0 Å². The Labute approximate surface area is 122 Å². The van der Waals surface area contributed by atoms with Gasteiger partial charge in [0.15, 0.2) is 0 Å². The Hall–Kier alpha value is -1.45. The van der Waals surface area contributed by atoms with E-state index in [0.29, 0.717) is 18.5 Å². The van der Waals surface area contributed by atoms with E-state index < -0.39 is 0 Å². The lowest BCUT2D eigenvalue weighted by atomic mass is 9.86. The van der Waals surface area contributed by atoms with Gasteiger partial charge >= 0.3 is 0 Å². The highest BCUT2D eigenvalue weighted by Crippen LogP contribution is 2.31. The SMILES string of the molecule is Cc1c(F)cccc1C(CCNCl)c1cccc(F)c1. The van der Waals surface area contributed by atoms with Gasteiger partial charge < -0.3 is 0 Å². The zero-order chi connectivity index (χ0) is 14.5. The van der Waals surface area contributed by atoms with Crippen molar-refractivity contribution in [1.29, 1.82) is 0 Å². The fraction of sp³-hybridized carbons (Fsp3) is 0.250. The predicted molar refractivity (Wildman–Crippen MR) is 77.9 cm³/mol. The number of nitrogens with one attached hydrogen (secondary N) is 1. The number of benzene rings is 2. The predicted octanol–water partition coefficient (Wildman–Crippen LogP) is 4.54. The zero-order valence-corrected chi connectivity index (χ0v) is 11.9. The van der Waals surface area contributed by atoms with Crippen LogP contribution in [0.15, 0.2) is 42.5 Å². The van der Waals surface area contributed by atoms with Crippen LogP contribution in [0.5, 0.6) is 0 Å². The molecule has 0 radical (unpaired) electrons. The van der Waals surface area contributed by atoms with Crippen LogP contribution >= 0.6 is 11.8 Å². The van der Waals surface area contributed by atoms with Crippen molar-refractivity contribution >= 4 is 11.8 Å². The molecule has 0 saturated heterocycles. The summed E-state index contributed by atoms with van der Waals surface area (Å²) in [5.41, 5.74) is 2.28. The minimum absolute atomic E-state index is 0.0901. The van der Waals surface area contributed by atoms with Crippen LogP contribution in [0.2, 0.25) is 0 Å². The molecular weight excluding hydrogens is 280 g/mol. The van der Waals surface area contributed by atoms with Crippen molar-refractivity contribution in [3.05, 3.63) is 70.8 Å². The Kier molecular flexibility index (Phi) is 5.10. The Balaban J connectivity index is 2.44. The van der Waals surface area contributed by atoms with E-state index in [1.54, 1.807) is 19.1 Å². The van der Waals surface area contributed by atoms with E-state index >= 15 is 0 Å². The van der Waals surface area contributed by atoms with Crippen LogP contribution in [-0.2, 0) is 0 Å². The van der Waals surface area contributed by atoms with Gasteiger partial charge in [0.05, 0.1) is 0 Å². The number of halogens is 3. The Bertz CT molecular complexity index is 586. The van der Waals surface area contributed by atoms with Crippen LogP contribution in [0.1, 0.15) is 29.0 Å². The number of hydrogen-bond acceptors (Lipinski definition) is 1. The van der Waals surface area contributed by atoms with Crippen molar-refractivity contribution in [2.75, 3.05) is 6.54 Å². The highest BCUT2D eigenvalue weighted by Gasteiger charge is 2.18. The van der Waals surface area contributed by atoms with Crippen molar-refractivity contribution in [1.82, 2.24) is 4.84 Å². The summed E-state index contributed by atoms with van der Waals surface area (Å²) in [5, 5.41) is 0. The second-order valence-corrected chi connectivity index (χ2v) is 5.00. The molecular formula is C16H16ClF2N. The Morgan fingerprint density at radius 3 is 2.60 bits per heavy atom. The van der Waals surface area contributed by atoms with Gasteiger partial charge in [0.1, 0.15) is 11.6 Å². The third kappa shape index (κ3) is 3.35. The van der Waals surface area contributed by atoms with Crippen LogP contribution in [0, 0.1) is 18.6 Å². The maximum absolute atomic E-state index is 13.7. The van der Waals surface area contributed by atoms with Crippen molar-refractivity contribution in [2.24, 2.45) is 0 Å². The van der Waals surface area contributed by atoms with E-state index in [0.717, 1.165) is 11.1 Å². The molecule has 2 aromatic rings. The van der Waals surface area contributed by atoms with Crippen molar-refractivity contribution in [2.45, 2.75) is 19.3 Å². The van der Waals surface area contributed by atoms with Crippen molar-refractivity contribution in [3.63, 3.8) is 0 Å². The van der Waals surface area contributed by atoms with Crippen LogP contribution in [0.4, 0.5) is 8.78 Å². The molecule has 0 aliphatic heterocycles. The molecule has 1 N–H and O–H groups in total. The third-order valence-corrected chi connectivity index (χ3v) is 3.65. The van der Waals surface area contributed by atoms with E-state index in [9.17, 15) is 8.78 Å². The largest absolute Gasteiger partial charge is 0.234 e. The molecule has 2 rings (SSSR count). The molecule has 0 aliphatic rings. The topological polar surface area (TPSA) is 12.0 Å². The second-order valence-electron chi connectivity index (χ2n) is 4.73. The summed E-state index contributed by atoms with van der Waals surface area (Å²) < 4.78 is 27.2. The molecule has 0 bridgehead atoms. The molecule has 1 atom stereocenters. The van der Waals surface area contributed by atoms with Gasteiger partial charge in [-0.05, 0) is 60.0 Å². The molecule has 0 amide bonds. The molecule has 106 valence electrons. The summed E-state index contributed by atoms with van der Waals surface area (Å²) in [4.78, 5) is 2.57. The summed E-state index contributed by atoms with van der Waals surface area (Å²) in [5.74, 6) is -0.629. The quantitative estimate of drug-likeness (QED) is 0.799. The molecule has 20 heavy (non-hydrogen) atoms. The first-order valence-corrected chi connectivity index (χ1v) is 6.85. The van der Waals surface area contributed by atoms with Crippen LogP contribution in [-0.4, -0.2) is 6.54 Å². The maximum atomic E-state index is 13.7. The summed E-state index contributed by atoms with van der Waals surface area (Å²) >= 11 is 5.52. The lowest BCUT2D eigenvalue weighted by molar-refractivity contribution is 0.604. The molecule has 1 nitrogen and oxygen atoms in total. The van der Waals surface area contributed by atoms with Gasteiger partial charge in [-0.2, -0.15) is 0 Å². The molecule has 4 heteroatoms. The van der Waals surface area contributed by atoms with Gasteiger partial charge in [-0.1, -0.05) is 24.3 Å². The smallest absolute Gasteiger partial charge is 0.126 e. The summed E-state index contributed by atoms with van der Waals surface area (Å²) in [6.07, 6.45) is 0.664. The second kappa shape index (κ2) is 6.82. The number of rotatable bonds is 5. The third-order valence-electron chi connectivity index (χ3n) is 3.46. The normalized spacial score (nSPS) is 12.4. The summed E-state index contributed by atoms with van der Waals surface area (Å²) in [6.45, 7) is 2.30. The van der Waals surface area contributed by atoms with E-state index in [1.165, 1.54) is 18.2 Å². The minimum Gasteiger partial charge on any atom is -0.234 e. The average Bonchev–Trinajstić information content (AvgIpc) is 2.44. The summed E-state index contributed by atoms with van der Waals surface area (Å²) in [7, 11) is 0. The average molecular weight is 296 g/mol. The molecule has 0 aromatic heterocycles.